The summed E-state index contributed by atoms with van der Waals surface area (Å²) in [5.41, 5.74) is 2.69. The molecule has 0 spiro atoms. The Hall–Kier alpha value is -5.46. The zero-order valence-electron chi connectivity index (χ0n) is 31.8. The lowest BCUT2D eigenvalue weighted by atomic mass is 9.84. The van der Waals surface area contributed by atoms with Crippen molar-refractivity contribution in [2.24, 2.45) is 0 Å². The van der Waals surface area contributed by atoms with E-state index in [1.165, 1.54) is 0 Å². The SMILES string of the molecule is [2H]c1c([2H])c([2H])c2c(Cc3cc4ccc5ccccc5c4c4ccccc34)c3c([2H])c([2H])c([2H])c([2H])c3c(Cc3cccc4ccccc34)c2c1[2H]. The lowest BCUT2D eigenvalue weighted by Crippen LogP contribution is -1.99. The fourth-order valence-electron chi connectivity index (χ4n) is 7.06. The van der Waals surface area contributed by atoms with Crippen LogP contribution in [0.25, 0.3) is 64.6 Å². The molecule has 0 heteroatoms. The van der Waals surface area contributed by atoms with Gasteiger partial charge in [0.2, 0.25) is 0 Å². The largest absolute Gasteiger partial charge is 0.0629 e. The van der Waals surface area contributed by atoms with Gasteiger partial charge in [-0.05, 0) is 99.7 Å². The Morgan fingerprint density at radius 3 is 1.50 bits per heavy atom. The first-order valence-electron chi connectivity index (χ1n) is 18.9. The summed E-state index contributed by atoms with van der Waals surface area (Å²) in [5, 5.41) is 9.47. The van der Waals surface area contributed by atoms with Crippen LogP contribution in [0.4, 0.5) is 0 Å². The van der Waals surface area contributed by atoms with Crippen LogP contribution in [0.5, 0.6) is 0 Å². The smallest absolute Gasteiger partial charge is 0.0616 e. The van der Waals surface area contributed by atoms with Gasteiger partial charge < -0.3 is 0 Å². The van der Waals surface area contributed by atoms with Crippen LogP contribution >= 0.6 is 0 Å². The summed E-state index contributed by atoms with van der Waals surface area (Å²) in [6.45, 7) is 0. The second kappa shape index (κ2) is 10.1. The molecule has 0 bridgehead atoms. The predicted octanol–water partition coefficient (Wildman–Crippen LogP) is 11.8. The Balaban J connectivity index is 1.44. The average molecular weight is 567 g/mol. The molecule has 0 aliphatic carbocycles. The van der Waals surface area contributed by atoms with Crippen molar-refractivity contribution < 1.29 is 11.0 Å². The first-order valence-corrected chi connectivity index (χ1v) is 14.9. The van der Waals surface area contributed by atoms with Crippen molar-refractivity contribution in [3.05, 3.63) is 180 Å². The molecule has 0 saturated heterocycles. The highest BCUT2D eigenvalue weighted by molar-refractivity contribution is 6.21. The van der Waals surface area contributed by atoms with E-state index in [1.54, 1.807) is 0 Å². The molecule has 0 nitrogen and oxygen atoms in total. The molecule has 9 rings (SSSR count). The van der Waals surface area contributed by atoms with Crippen molar-refractivity contribution in [2.45, 2.75) is 12.8 Å². The fraction of sp³-hybridized carbons (Fsp3) is 0.0455. The minimum absolute atomic E-state index is 0.176. The Bertz CT molecular complexity index is 2920. The van der Waals surface area contributed by atoms with Gasteiger partial charge in [0.25, 0.3) is 0 Å². The second-order valence-electron chi connectivity index (χ2n) is 11.4. The van der Waals surface area contributed by atoms with Gasteiger partial charge in [-0.25, -0.2) is 0 Å². The zero-order chi connectivity index (χ0) is 36.0. The third-order valence-electron chi connectivity index (χ3n) is 9.03. The highest BCUT2D eigenvalue weighted by atomic mass is 14.2. The van der Waals surface area contributed by atoms with E-state index in [-0.39, 0.29) is 82.7 Å². The highest BCUT2D eigenvalue weighted by Crippen LogP contribution is 2.39. The topological polar surface area (TPSA) is 0 Å². The third kappa shape index (κ3) is 3.92. The minimum atomic E-state index is -0.384. The molecule has 0 aromatic heterocycles. The van der Waals surface area contributed by atoms with E-state index in [0.717, 1.165) is 54.2 Å². The minimum Gasteiger partial charge on any atom is -0.0616 e. The molecular formula is C44H30. The summed E-state index contributed by atoms with van der Waals surface area (Å²) in [5.74, 6) is 0. The average Bonchev–Trinajstić information content (AvgIpc) is 3.17. The Morgan fingerprint density at radius 1 is 0.364 bits per heavy atom. The van der Waals surface area contributed by atoms with Crippen LogP contribution in [0, 0.1) is 0 Å². The molecule has 0 aliphatic heterocycles. The van der Waals surface area contributed by atoms with E-state index in [0.29, 0.717) is 11.1 Å². The number of benzene rings is 9. The molecule has 44 heavy (non-hydrogen) atoms. The lowest BCUT2D eigenvalue weighted by molar-refractivity contribution is 1.23. The summed E-state index contributed by atoms with van der Waals surface area (Å²) in [7, 11) is 0. The van der Waals surface area contributed by atoms with Crippen molar-refractivity contribution in [3.63, 3.8) is 0 Å². The number of rotatable bonds is 4. The molecule has 9 aromatic carbocycles. The van der Waals surface area contributed by atoms with Crippen LogP contribution in [0.2, 0.25) is 0 Å². The number of fused-ring (bicyclic) bond motifs is 8. The van der Waals surface area contributed by atoms with Gasteiger partial charge in [0.1, 0.15) is 0 Å². The first-order chi connectivity index (χ1) is 25.2. The standard InChI is InChI=1S/C44H30/c1-3-16-34-29(12-1)14-11-15-31(34)27-42-37-19-6-8-21-39(37)43(40-22-9-7-20-38(40)42)28-33-26-32-25-24-30-13-2-4-18-36(30)44(32)41-23-10-5-17-35(33)41/h1-26H,27-28H2/i6D,7D,8D,9D,19D,20D,21D,22D. The number of hydrogen-bond donors (Lipinski definition) is 0. The van der Waals surface area contributed by atoms with Gasteiger partial charge in [-0.3, -0.25) is 0 Å². The van der Waals surface area contributed by atoms with Crippen molar-refractivity contribution in [2.75, 3.05) is 0 Å². The molecule has 0 fully saturated rings. The van der Waals surface area contributed by atoms with Crippen LogP contribution < -0.4 is 0 Å². The summed E-state index contributed by atoms with van der Waals surface area (Å²) < 4.78 is 72.4. The van der Waals surface area contributed by atoms with Crippen molar-refractivity contribution >= 4 is 64.6 Å². The highest BCUT2D eigenvalue weighted by Gasteiger charge is 2.17. The molecule has 0 amide bonds. The fourth-order valence-corrected chi connectivity index (χ4v) is 7.06. The maximum absolute atomic E-state index is 9.34. The van der Waals surface area contributed by atoms with E-state index in [1.807, 2.05) is 66.7 Å². The summed E-state index contributed by atoms with van der Waals surface area (Å²) in [6.07, 6.45) is 0.375. The molecule has 9 aromatic rings. The normalized spacial score (nSPS) is 14.4. The van der Waals surface area contributed by atoms with E-state index >= 15 is 0 Å². The molecule has 0 radical (unpaired) electrons. The molecule has 0 unspecified atom stereocenters. The van der Waals surface area contributed by atoms with Crippen molar-refractivity contribution in [1.82, 2.24) is 0 Å². The zero-order valence-corrected chi connectivity index (χ0v) is 23.8. The van der Waals surface area contributed by atoms with Gasteiger partial charge in [-0.2, -0.15) is 0 Å². The Morgan fingerprint density at radius 2 is 0.841 bits per heavy atom. The third-order valence-corrected chi connectivity index (χ3v) is 9.03. The molecule has 0 aliphatic rings. The molecule has 0 heterocycles. The molecule has 206 valence electrons. The van der Waals surface area contributed by atoms with Gasteiger partial charge >= 0.3 is 0 Å². The van der Waals surface area contributed by atoms with Gasteiger partial charge in [-0.1, -0.05) is 158 Å². The summed E-state index contributed by atoms with van der Waals surface area (Å²) in [4.78, 5) is 0. The van der Waals surface area contributed by atoms with E-state index in [4.69, 9.17) is 5.48 Å². The molecule has 0 atom stereocenters. The summed E-state index contributed by atoms with van der Waals surface area (Å²) in [6, 6.07) is 34.1. The van der Waals surface area contributed by atoms with Gasteiger partial charge in [0, 0.05) is 0 Å². The van der Waals surface area contributed by atoms with Crippen LogP contribution in [-0.4, -0.2) is 0 Å². The van der Waals surface area contributed by atoms with E-state index < -0.39 is 0 Å². The van der Waals surface area contributed by atoms with E-state index in [9.17, 15) is 5.48 Å². The monoisotopic (exact) mass is 566 g/mol. The molecule has 0 saturated carbocycles. The van der Waals surface area contributed by atoms with Crippen LogP contribution in [0.1, 0.15) is 33.2 Å². The van der Waals surface area contributed by atoms with Crippen LogP contribution in [-0.2, 0) is 12.8 Å². The van der Waals surface area contributed by atoms with Gasteiger partial charge in [0.15, 0.2) is 0 Å². The van der Waals surface area contributed by atoms with Crippen molar-refractivity contribution in [3.8, 4) is 0 Å². The maximum Gasteiger partial charge on any atom is 0.0629 e. The second-order valence-corrected chi connectivity index (χ2v) is 11.4. The predicted molar refractivity (Wildman–Crippen MR) is 190 cm³/mol. The first kappa shape index (κ1) is 18.3. The number of hydrogen-bond acceptors (Lipinski definition) is 0. The lowest BCUT2D eigenvalue weighted by Gasteiger charge is -2.19. The Kier molecular flexibility index (Phi) is 4.18. The van der Waals surface area contributed by atoms with Gasteiger partial charge in [-0.15, -0.1) is 0 Å². The Labute approximate surface area is 268 Å². The van der Waals surface area contributed by atoms with Crippen LogP contribution in [0.15, 0.2) is 158 Å². The van der Waals surface area contributed by atoms with Crippen molar-refractivity contribution in [1.29, 1.82) is 0 Å². The molecular weight excluding hydrogens is 528 g/mol. The van der Waals surface area contributed by atoms with Crippen LogP contribution in [0.3, 0.4) is 0 Å². The quantitative estimate of drug-likeness (QED) is 0.147. The summed E-state index contributed by atoms with van der Waals surface area (Å²) >= 11 is 0. The maximum atomic E-state index is 9.34. The van der Waals surface area contributed by atoms with Gasteiger partial charge in [0.05, 0.1) is 11.0 Å². The van der Waals surface area contributed by atoms with E-state index in [2.05, 4.69) is 42.5 Å². The molecule has 0 N–H and O–H groups in total.